The molecule has 1 atom stereocenters. The molecule has 15 heavy (non-hydrogen) atoms. The fourth-order valence-electron chi connectivity index (χ4n) is 1.78. The van der Waals surface area contributed by atoms with Gasteiger partial charge in [-0.25, -0.2) is 4.39 Å². The number of nitrogens with one attached hydrogen (secondary N) is 1. The predicted octanol–water partition coefficient (Wildman–Crippen LogP) is 2.30. The lowest BCUT2D eigenvalue weighted by Gasteiger charge is -2.09. The molecule has 0 saturated carbocycles. The van der Waals surface area contributed by atoms with Crippen LogP contribution in [-0.2, 0) is 11.2 Å². The maximum atomic E-state index is 12.9. The molecule has 2 nitrogen and oxygen atoms in total. The van der Waals surface area contributed by atoms with Gasteiger partial charge in [-0.15, -0.1) is 0 Å². The number of halogens is 2. The zero-order valence-electron chi connectivity index (χ0n) is 8.09. The van der Waals surface area contributed by atoms with E-state index in [9.17, 15) is 9.18 Å². The first-order valence-electron chi connectivity index (χ1n) is 4.88. The third kappa shape index (κ3) is 2.48. The summed E-state index contributed by atoms with van der Waals surface area (Å²) in [5.74, 6) is -0.316. The Kier molecular flexibility index (Phi) is 2.91. The molecule has 80 valence electrons. The van der Waals surface area contributed by atoms with E-state index < -0.39 is 5.82 Å². The molecule has 1 N–H and O–H groups in total. The summed E-state index contributed by atoms with van der Waals surface area (Å²) in [4.78, 5) is 11.0. The van der Waals surface area contributed by atoms with E-state index in [0.717, 1.165) is 12.0 Å². The highest BCUT2D eigenvalue weighted by Gasteiger charge is 2.20. The van der Waals surface area contributed by atoms with Crippen molar-refractivity contribution in [2.24, 2.45) is 0 Å². The minimum atomic E-state index is -0.407. The molecule has 2 rings (SSSR count). The highest BCUT2D eigenvalue weighted by molar-refractivity contribution is 6.30. The van der Waals surface area contributed by atoms with E-state index in [2.05, 4.69) is 5.32 Å². The summed E-state index contributed by atoms with van der Waals surface area (Å²) < 4.78 is 12.9. The van der Waals surface area contributed by atoms with Crippen molar-refractivity contribution in [1.82, 2.24) is 5.32 Å². The Hall–Kier alpha value is -1.09. The number of benzene rings is 1. The zero-order chi connectivity index (χ0) is 10.8. The van der Waals surface area contributed by atoms with E-state index in [1.165, 1.54) is 6.07 Å². The maximum Gasteiger partial charge on any atom is 0.220 e. The van der Waals surface area contributed by atoms with E-state index in [4.69, 9.17) is 11.6 Å². The van der Waals surface area contributed by atoms with Crippen LogP contribution in [0.5, 0.6) is 0 Å². The van der Waals surface area contributed by atoms with E-state index >= 15 is 0 Å². The lowest BCUT2D eigenvalue weighted by atomic mass is 10.0. The number of hydrogen-bond donors (Lipinski definition) is 1. The van der Waals surface area contributed by atoms with Crippen LogP contribution < -0.4 is 5.32 Å². The summed E-state index contributed by atoms with van der Waals surface area (Å²) >= 11 is 5.67. The summed E-state index contributed by atoms with van der Waals surface area (Å²) in [5, 5.41) is 3.00. The molecule has 1 unspecified atom stereocenters. The van der Waals surface area contributed by atoms with Gasteiger partial charge in [-0.3, -0.25) is 4.79 Å². The molecule has 1 aliphatic rings. The van der Waals surface area contributed by atoms with Crippen molar-refractivity contribution in [2.45, 2.75) is 25.3 Å². The van der Waals surface area contributed by atoms with Crippen molar-refractivity contribution >= 4 is 17.5 Å². The SMILES string of the molecule is O=C1CCC(Cc2ccc(F)c(Cl)c2)N1. The lowest BCUT2D eigenvalue weighted by Crippen LogP contribution is -2.27. The average molecular weight is 228 g/mol. The largest absolute Gasteiger partial charge is 0.353 e. The monoisotopic (exact) mass is 227 g/mol. The minimum absolute atomic E-state index is 0.0909. The number of hydrogen-bond acceptors (Lipinski definition) is 1. The Labute approximate surface area is 92.4 Å². The van der Waals surface area contributed by atoms with Crippen LogP contribution in [0, 0.1) is 5.82 Å². The van der Waals surface area contributed by atoms with Gasteiger partial charge in [0, 0.05) is 12.5 Å². The van der Waals surface area contributed by atoms with Crippen LogP contribution in [0.3, 0.4) is 0 Å². The second kappa shape index (κ2) is 4.19. The van der Waals surface area contributed by atoms with Crippen molar-refractivity contribution in [3.8, 4) is 0 Å². The second-order valence-corrected chi connectivity index (χ2v) is 4.16. The Morgan fingerprint density at radius 3 is 2.93 bits per heavy atom. The van der Waals surface area contributed by atoms with E-state index in [1.807, 2.05) is 0 Å². The number of amides is 1. The van der Waals surface area contributed by atoms with Crippen LogP contribution >= 0.6 is 11.6 Å². The molecule has 1 amide bonds. The van der Waals surface area contributed by atoms with Gasteiger partial charge in [0.1, 0.15) is 5.82 Å². The van der Waals surface area contributed by atoms with Crippen LogP contribution in [-0.4, -0.2) is 11.9 Å². The third-order valence-electron chi connectivity index (χ3n) is 2.55. The average Bonchev–Trinajstić information content (AvgIpc) is 2.58. The van der Waals surface area contributed by atoms with Gasteiger partial charge in [-0.1, -0.05) is 17.7 Å². The fraction of sp³-hybridized carbons (Fsp3) is 0.364. The predicted molar refractivity (Wildman–Crippen MR) is 56.3 cm³/mol. The molecule has 0 radical (unpaired) electrons. The summed E-state index contributed by atoms with van der Waals surface area (Å²) in [6.45, 7) is 0. The molecule has 4 heteroatoms. The molecule has 0 aromatic heterocycles. The standard InChI is InChI=1S/C11H11ClFNO/c12-9-6-7(1-3-10(9)13)5-8-2-4-11(15)14-8/h1,3,6,8H,2,4-5H2,(H,14,15). The van der Waals surface area contributed by atoms with E-state index in [-0.39, 0.29) is 17.0 Å². The summed E-state index contributed by atoms with van der Waals surface area (Å²) in [7, 11) is 0. The zero-order valence-corrected chi connectivity index (χ0v) is 8.85. The van der Waals surface area contributed by atoms with E-state index in [0.29, 0.717) is 12.8 Å². The molecule has 0 bridgehead atoms. The Morgan fingerprint density at radius 1 is 1.53 bits per heavy atom. The van der Waals surface area contributed by atoms with Gasteiger partial charge in [-0.2, -0.15) is 0 Å². The first-order chi connectivity index (χ1) is 7.15. The van der Waals surface area contributed by atoms with Gasteiger partial charge < -0.3 is 5.32 Å². The summed E-state index contributed by atoms with van der Waals surface area (Å²) in [5.41, 5.74) is 0.952. The van der Waals surface area contributed by atoms with Crippen LogP contribution in [0.25, 0.3) is 0 Å². The molecule has 0 aliphatic carbocycles. The number of carbonyl (C=O) groups is 1. The van der Waals surface area contributed by atoms with Crippen LogP contribution in [0.4, 0.5) is 4.39 Å². The lowest BCUT2D eigenvalue weighted by molar-refractivity contribution is -0.119. The summed E-state index contributed by atoms with van der Waals surface area (Å²) in [6, 6.07) is 4.83. The number of carbonyl (C=O) groups excluding carboxylic acids is 1. The van der Waals surface area contributed by atoms with Gasteiger partial charge in [0.15, 0.2) is 0 Å². The van der Waals surface area contributed by atoms with Crippen molar-refractivity contribution in [1.29, 1.82) is 0 Å². The second-order valence-electron chi connectivity index (χ2n) is 3.76. The van der Waals surface area contributed by atoms with Crippen molar-refractivity contribution in [2.75, 3.05) is 0 Å². The Morgan fingerprint density at radius 2 is 2.33 bits per heavy atom. The quantitative estimate of drug-likeness (QED) is 0.825. The smallest absolute Gasteiger partial charge is 0.220 e. The van der Waals surface area contributed by atoms with Crippen LogP contribution in [0.2, 0.25) is 5.02 Å². The van der Waals surface area contributed by atoms with Crippen LogP contribution in [0.1, 0.15) is 18.4 Å². The van der Waals surface area contributed by atoms with Crippen molar-refractivity contribution in [3.05, 3.63) is 34.6 Å². The molecule has 1 aromatic carbocycles. The molecule has 1 fully saturated rings. The topological polar surface area (TPSA) is 29.1 Å². The maximum absolute atomic E-state index is 12.9. The van der Waals surface area contributed by atoms with Gasteiger partial charge in [-0.05, 0) is 30.5 Å². The van der Waals surface area contributed by atoms with Gasteiger partial charge >= 0.3 is 0 Å². The highest BCUT2D eigenvalue weighted by atomic mass is 35.5. The Balaban J connectivity index is 2.05. The van der Waals surface area contributed by atoms with Gasteiger partial charge in [0.2, 0.25) is 5.91 Å². The van der Waals surface area contributed by atoms with E-state index in [1.54, 1.807) is 12.1 Å². The van der Waals surface area contributed by atoms with Crippen LogP contribution in [0.15, 0.2) is 18.2 Å². The van der Waals surface area contributed by atoms with Crippen molar-refractivity contribution in [3.63, 3.8) is 0 Å². The first-order valence-corrected chi connectivity index (χ1v) is 5.26. The van der Waals surface area contributed by atoms with Crippen molar-refractivity contribution < 1.29 is 9.18 Å². The molecule has 1 saturated heterocycles. The third-order valence-corrected chi connectivity index (χ3v) is 2.84. The fourth-order valence-corrected chi connectivity index (χ4v) is 1.98. The molecule has 1 aromatic rings. The summed E-state index contributed by atoms with van der Waals surface area (Å²) in [6.07, 6.45) is 2.14. The minimum Gasteiger partial charge on any atom is -0.353 e. The normalized spacial score (nSPS) is 20.4. The molecule has 1 aliphatic heterocycles. The van der Waals surface area contributed by atoms with Gasteiger partial charge in [0.25, 0.3) is 0 Å². The molecule has 0 spiro atoms. The highest BCUT2D eigenvalue weighted by Crippen LogP contribution is 2.19. The molecular weight excluding hydrogens is 217 g/mol. The van der Waals surface area contributed by atoms with Gasteiger partial charge in [0.05, 0.1) is 5.02 Å². The molecular formula is C11H11ClFNO. The number of rotatable bonds is 2. The molecule has 1 heterocycles. The Bertz CT molecular complexity index is 394. The first kappa shape index (κ1) is 10.4.